The number of rotatable bonds is 3. The summed E-state index contributed by atoms with van der Waals surface area (Å²) in [6.07, 6.45) is 0. The van der Waals surface area contributed by atoms with Crippen molar-refractivity contribution in [2.75, 3.05) is 11.9 Å². The van der Waals surface area contributed by atoms with E-state index >= 15 is 0 Å². The number of anilines is 1. The van der Waals surface area contributed by atoms with Crippen LogP contribution < -0.4 is 5.32 Å². The summed E-state index contributed by atoms with van der Waals surface area (Å²) in [5.74, 6) is 5.70. The van der Waals surface area contributed by atoms with Gasteiger partial charge in [-0.1, -0.05) is 5.92 Å². The third-order valence-corrected chi connectivity index (χ3v) is 2.68. The van der Waals surface area contributed by atoms with Gasteiger partial charge >= 0.3 is 0 Å². The second kappa shape index (κ2) is 5.36. The molecule has 1 heterocycles. The quantitative estimate of drug-likeness (QED) is 0.520. The Labute approximate surface area is 110 Å². The number of nitro groups is 1. The van der Waals surface area contributed by atoms with Crippen molar-refractivity contribution in [3.8, 4) is 11.8 Å². The Morgan fingerprint density at radius 2 is 2.21 bits per heavy atom. The summed E-state index contributed by atoms with van der Waals surface area (Å²) >= 11 is 0. The standard InChI is InChI=1S/C14H13N3O2/c1-3-4-7-15-14-8-10(2)16-13-6-5-11(17(18)19)9-12(13)14/h5-6,8-9H,7H2,1-2H3,(H,15,16). The van der Waals surface area contributed by atoms with E-state index in [9.17, 15) is 10.1 Å². The van der Waals surface area contributed by atoms with Gasteiger partial charge in [0, 0.05) is 28.9 Å². The van der Waals surface area contributed by atoms with Gasteiger partial charge in [0.2, 0.25) is 0 Å². The Hall–Kier alpha value is -2.61. The fraction of sp³-hybridized carbons (Fsp3) is 0.214. The van der Waals surface area contributed by atoms with Crippen molar-refractivity contribution < 1.29 is 4.92 Å². The maximum Gasteiger partial charge on any atom is 0.270 e. The summed E-state index contributed by atoms with van der Waals surface area (Å²) in [6.45, 7) is 4.15. The average Bonchev–Trinajstić information content (AvgIpc) is 2.38. The van der Waals surface area contributed by atoms with Crippen LogP contribution in [0, 0.1) is 28.9 Å². The molecule has 0 aliphatic carbocycles. The number of hydrogen-bond donors (Lipinski definition) is 1. The number of hydrogen-bond acceptors (Lipinski definition) is 4. The van der Waals surface area contributed by atoms with Crippen LogP contribution in [0.4, 0.5) is 11.4 Å². The zero-order valence-electron chi connectivity index (χ0n) is 10.7. The second-order valence-corrected chi connectivity index (χ2v) is 4.05. The first-order valence-corrected chi connectivity index (χ1v) is 5.81. The molecule has 0 saturated heterocycles. The first kappa shape index (κ1) is 12.8. The number of aryl methyl sites for hydroxylation is 1. The molecule has 0 spiro atoms. The van der Waals surface area contributed by atoms with Gasteiger partial charge in [0.05, 0.1) is 17.0 Å². The first-order chi connectivity index (χ1) is 9.11. The van der Waals surface area contributed by atoms with Gasteiger partial charge in [0.15, 0.2) is 0 Å². The van der Waals surface area contributed by atoms with Crippen molar-refractivity contribution in [1.82, 2.24) is 4.98 Å². The van der Waals surface area contributed by atoms with Gasteiger partial charge in [0.1, 0.15) is 0 Å². The topological polar surface area (TPSA) is 68.1 Å². The van der Waals surface area contributed by atoms with Crippen LogP contribution in [0.25, 0.3) is 10.9 Å². The predicted molar refractivity (Wildman–Crippen MR) is 75.1 cm³/mol. The minimum atomic E-state index is -0.408. The van der Waals surface area contributed by atoms with E-state index < -0.39 is 4.92 Å². The molecule has 0 fully saturated rings. The van der Waals surface area contributed by atoms with Crippen molar-refractivity contribution in [3.05, 3.63) is 40.1 Å². The molecule has 0 bridgehead atoms. The molecule has 0 aliphatic heterocycles. The molecular formula is C14H13N3O2. The maximum absolute atomic E-state index is 10.8. The molecule has 0 unspecified atom stereocenters. The normalized spacial score (nSPS) is 9.79. The number of non-ortho nitro benzene ring substituents is 1. The monoisotopic (exact) mass is 255 g/mol. The zero-order chi connectivity index (χ0) is 13.8. The van der Waals surface area contributed by atoms with E-state index in [0.717, 1.165) is 22.3 Å². The Morgan fingerprint density at radius 1 is 1.42 bits per heavy atom. The second-order valence-electron chi connectivity index (χ2n) is 4.05. The summed E-state index contributed by atoms with van der Waals surface area (Å²) in [7, 11) is 0. The lowest BCUT2D eigenvalue weighted by Crippen LogP contribution is -2.01. The van der Waals surface area contributed by atoms with Crippen molar-refractivity contribution in [2.45, 2.75) is 13.8 Å². The van der Waals surface area contributed by atoms with E-state index in [1.54, 1.807) is 13.0 Å². The molecule has 19 heavy (non-hydrogen) atoms. The molecule has 0 radical (unpaired) electrons. The van der Waals surface area contributed by atoms with Gasteiger partial charge < -0.3 is 5.32 Å². The zero-order valence-corrected chi connectivity index (χ0v) is 10.7. The van der Waals surface area contributed by atoms with Crippen LogP contribution in [-0.4, -0.2) is 16.5 Å². The van der Waals surface area contributed by atoms with E-state index in [1.165, 1.54) is 12.1 Å². The molecule has 2 aromatic rings. The third-order valence-electron chi connectivity index (χ3n) is 2.68. The number of nitro benzene ring substituents is 1. The first-order valence-electron chi connectivity index (χ1n) is 5.81. The lowest BCUT2D eigenvalue weighted by atomic mass is 10.1. The molecule has 2 rings (SSSR count). The van der Waals surface area contributed by atoms with E-state index in [-0.39, 0.29) is 5.69 Å². The molecule has 0 aliphatic rings. The average molecular weight is 255 g/mol. The molecular weight excluding hydrogens is 242 g/mol. The Balaban J connectivity index is 2.54. The molecule has 0 amide bonds. The predicted octanol–water partition coefficient (Wildman–Crippen LogP) is 2.89. The number of nitrogens with one attached hydrogen (secondary N) is 1. The van der Waals surface area contributed by atoms with Gasteiger partial charge in [-0.15, -0.1) is 5.92 Å². The van der Waals surface area contributed by atoms with Crippen molar-refractivity contribution >= 4 is 22.3 Å². The fourth-order valence-electron chi connectivity index (χ4n) is 1.83. The minimum absolute atomic E-state index is 0.0581. The largest absolute Gasteiger partial charge is 0.374 e. The number of benzene rings is 1. The summed E-state index contributed by atoms with van der Waals surface area (Å²) in [6, 6.07) is 6.52. The number of fused-ring (bicyclic) bond motifs is 1. The summed E-state index contributed by atoms with van der Waals surface area (Å²) in [4.78, 5) is 14.8. The molecule has 1 aromatic heterocycles. The molecule has 1 aromatic carbocycles. The van der Waals surface area contributed by atoms with Crippen LogP contribution in [0.1, 0.15) is 12.6 Å². The summed E-state index contributed by atoms with van der Waals surface area (Å²) in [5, 5.41) is 14.7. The van der Waals surface area contributed by atoms with Gasteiger partial charge in [0.25, 0.3) is 5.69 Å². The highest BCUT2D eigenvalue weighted by Crippen LogP contribution is 2.26. The van der Waals surface area contributed by atoms with Crippen molar-refractivity contribution in [3.63, 3.8) is 0 Å². The van der Waals surface area contributed by atoms with E-state index in [2.05, 4.69) is 22.1 Å². The van der Waals surface area contributed by atoms with Gasteiger partial charge in [-0.2, -0.15) is 0 Å². The Morgan fingerprint density at radius 3 is 2.89 bits per heavy atom. The van der Waals surface area contributed by atoms with Crippen LogP contribution in [-0.2, 0) is 0 Å². The van der Waals surface area contributed by atoms with Crippen LogP contribution in [0.15, 0.2) is 24.3 Å². The highest BCUT2D eigenvalue weighted by Gasteiger charge is 2.10. The van der Waals surface area contributed by atoms with Crippen molar-refractivity contribution in [1.29, 1.82) is 0 Å². The maximum atomic E-state index is 10.8. The number of aromatic nitrogens is 1. The Bertz CT molecular complexity index is 699. The Kier molecular flexibility index (Phi) is 3.62. The van der Waals surface area contributed by atoms with E-state index in [0.29, 0.717) is 6.54 Å². The van der Waals surface area contributed by atoms with E-state index in [1.807, 2.05) is 13.0 Å². The molecule has 96 valence electrons. The van der Waals surface area contributed by atoms with Gasteiger partial charge in [-0.25, -0.2) is 0 Å². The van der Waals surface area contributed by atoms with E-state index in [4.69, 9.17) is 0 Å². The minimum Gasteiger partial charge on any atom is -0.374 e. The summed E-state index contributed by atoms with van der Waals surface area (Å²) in [5.41, 5.74) is 2.46. The third kappa shape index (κ3) is 2.80. The highest BCUT2D eigenvalue weighted by atomic mass is 16.6. The smallest absolute Gasteiger partial charge is 0.270 e. The number of nitrogens with zero attached hydrogens (tertiary/aromatic N) is 2. The molecule has 0 atom stereocenters. The van der Waals surface area contributed by atoms with Crippen LogP contribution in [0.5, 0.6) is 0 Å². The van der Waals surface area contributed by atoms with Crippen LogP contribution in [0.3, 0.4) is 0 Å². The number of pyridine rings is 1. The van der Waals surface area contributed by atoms with Crippen molar-refractivity contribution in [2.24, 2.45) is 0 Å². The van der Waals surface area contributed by atoms with Gasteiger partial charge in [-0.3, -0.25) is 15.1 Å². The highest BCUT2D eigenvalue weighted by molar-refractivity contribution is 5.93. The molecule has 5 heteroatoms. The SMILES string of the molecule is CC#CCNc1cc(C)nc2ccc([N+](=O)[O-])cc12. The summed E-state index contributed by atoms with van der Waals surface area (Å²) < 4.78 is 0. The lowest BCUT2D eigenvalue weighted by Gasteiger charge is -2.08. The molecule has 1 N–H and O–H groups in total. The molecule has 0 saturated carbocycles. The van der Waals surface area contributed by atoms with Crippen LogP contribution >= 0.6 is 0 Å². The molecule has 5 nitrogen and oxygen atoms in total. The van der Waals surface area contributed by atoms with Gasteiger partial charge in [-0.05, 0) is 26.0 Å². The fourth-order valence-corrected chi connectivity index (χ4v) is 1.83. The lowest BCUT2D eigenvalue weighted by molar-refractivity contribution is -0.384. The van der Waals surface area contributed by atoms with Crippen LogP contribution in [0.2, 0.25) is 0 Å².